The second-order valence-electron chi connectivity index (χ2n) is 3.93. The highest BCUT2D eigenvalue weighted by Gasteiger charge is 2.50. The topological polar surface area (TPSA) is 121 Å². The molecule has 9 heteroatoms. The number of hydrogen-bond acceptors (Lipinski definition) is 3. The first kappa shape index (κ1) is 15.7. The van der Waals surface area contributed by atoms with E-state index in [1.807, 2.05) is 0 Å². The van der Waals surface area contributed by atoms with E-state index in [9.17, 15) is 18.1 Å². The Morgan fingerprint density at radius 3 is 2.16 bits per heavy atom. The molecule has 0 unspecified atom stereocenters. The highest BCUT2D eigenvalue weighted by Crippen LogP contribution is 2.59. The molecule has 0 aliphatic carbocycles. The summed E-state index contributed by atoms with van der Waals surface area (Å²) in [5.41, 5.74) is 0.528. The zero-order valence-electron chi connectivity index (χ0n) is 9.53. The van der Waals surface area contributed by atoms with E-state index in [1.165, 1.54) is 0 Å². The molecule has 106 valence electrons. The molecule has 0 radical (unpaired) electrons. The summed E-state index contributed by atoms with van der Waals surface area (Å²) in [6.45, 7) is 0. The summed E-state index contributed by atoms with van der Waals surface area (Å²) in [7, 11) is -5.60. The van der Waals surface area contributed by atoms with Gasteiger partial charge in [-0.15, -0.1) is 0 Å². The van der Waals surface area contributed by atoms with Crippen molar-refractivity contribution in [1.82, 2.24) is 0 Å². The number of carbonyl (C=O) groups is 1. The van der Waals surface area contributed by atoms with Crippen LogP contribution in [0.5, 0.6) is 0 Å². The van der Waals surface area contributed by atoms with Gasteiger partial charge in [0.05, 0.1) is 0 Å². The molecular formula is C10H12F2NO5P. The number of halogens is 2. The predicted molar refractivity (Wildman–Crippen MR) is 61.7 cm³/mol. The minimum absolute atomic E-state index is 0.0723. The zero-order chi connectivity index (χ0) is 14.8. The third-order valence-electron chi connectivity index (χ3n) is 2.44. The van der Waals surface area contributed by atoms with Gasteiger partial charge in [0.25, 0.3) is 0 Å². The van der Waals surface area contributed by atoms with E-state index in [0.29, 0.717) is 5.56 Å². The van der Waals surface area contributed by atoms with Crippen molar-refractivity contribution in [3.05, 3.63) is 35.4 Å². The van der Waals surface area contributed by atoms with Crippen molar-refractivity contribution in [3.8, 4) is 0 Å². The molecule has 1 aromatic carbocycles. The van der Waals surface area contributed by atoms with Gasteiger partial charge in [-0.3, -0.25) is 9.36 Å². The van der Waals surface area contributed by atoms with Crippen LogP contribution < -0.4 is 5.73 Å². The number of carboxylic acid groups (broad SMARTS) is 1. The number of carboxylic acids is 1. The SMILES string of the molecule is N[C@@H](Cc1ccc(C(F)(F)P(=O)(O)O)cc1)C(=O)O. The fraction of sp³-hybridized carbons (Fsp3) is 0.300. The number of benzene rings is 1. The van der Waals surface area contributed by atoms with Gasteiger partial charge in [0.15, 0.2) is 0 Å². The molecule has 0 aliphatic rings. The van der Waals surface area contributed by atoms with Crippen LogP contribution in [0.2, 0.25) is 0 Å². The van der Waals surface area contributed by atoms with Crippen molar-refractivity contribution in [1.29, 1.82) is 0 Å². The molecule has 0 aliphatic heterocycles. The molecule has 6 nitrogen and oxygen atoms in total. The molecule has 1 rings (SSSR count). The van der Waals surface area contributed by atoms with Crippen molar-refractivity contribution in [2.24, 2.45) is 5.73 Å². The monoisotopic (exact) mass is 295 g/mol. The standard InChI is InChI=1S/C10H12F2NO5P/c11-10(12,19(16,17)18)7-3-1-6(2-4-7)5-8(13)9(14)15/h1-4,8H,5,13H2,(H,14,15)(H2,16,17,18)/t8-/m0/s1. The first-order valence-corrected chi connectivity index (χ1v) is 6.68. The number of hydrogen-bond donors (Lipinski definition) is 4. The molecule has 1 atom stereocenters. The Balaban J connectivity index is 2.94. The first-order chi connectivity index (χ1) is 8.55. The van der Waals surface area contributed by atoms with Crippen LogP contribution in [-0.4, -0.2) is 26.9 Å². The average molecular weight is 295 g/mol. The molecule has 5 N–H and O–H groups in total. The van der Waals surface area contributed by atoms with E-state index in [2.05, 4.69) is 0 Å². The van der Waals surface area contributed by atoms with Crippen LogP contribution in [0.15, 0.2) is 24.3 Å². The van der Waals surface area contributed by atoms with Crippen LogP contribution in [0, 0.1) is 0 Å². The lowest BCUT2D eigenvalue weighted by Gasteiger charge is -2.18. The summed E-state index contributed by atoms with van der Waals surface area (Å²) in [4.78, 5) is 27.6. The summed E-state index contributed by atoms with van der Waals surface area (Å²) in [6, 6.07) is 2.81. The molecule has 0 aromatic heterocycles. The average Bonchev–Trinajstić information content (AvgIpc) is 2.28. The van der Waals surface area contributed by atoms with E-state index in [4.69, 9.17) is 20.6 Å². The predicted octanol–water partition coefficient (Wildman–Crippen LogP) is 0.868. The lowest BCUT2D eigenvalue weighted by Crippen LogP contribution is -2.32. The van der Waals surface area contributed by atoms with E-state index >= 15 is 0 Å². The van der Waals surface area contributed by atoms with Crippen LogP contribution in [-0.2, 0) is 21.4 Å². The van der Waals surface area contributed by atoms with Crippen molar-refractivity contribution in [2.45, 2.75) is 18.1 Å². The largest absolute Gasteiger partial charge is 0.480 e. The molecule has 19 heavy (non-hydrogen) atoms. The van der Waals surface area contributed by atoms with Crippen LogP contribution >= 0.6 is 7.60 Å². The Kier molecular flexibility index (Phi) is 4.42. The minimum atomic E-state index is -5.60. The minimum Gasteiger partial charge on any atom is -0.480 e. The van der Waals surface area contributed by atoms with E-state index in [0.717, 1.165) is 24.3 Å². The van der Waals surface area contributed by atoms with Crippen LogP contribution in [0.4, 0.5) is 8.78 Å². The molecule has 0 saturated carbocycles. The van der Waals surface area contributed by atoms with Crippen molar-refractivity contribution in [3.63, 3.8) is 0 Å². The van der Waals surface area contributed by atoms with Crippen molar-refractivity contribution < 1.29 is 33.0 Å². The first-order valence-electron chi connectivity index (χ1n) is 5.07. The van der Waals surface area contributed by atoms with E-state index < -0.39 is 30.8 Å². The van der Waals surface area contributed by atoms with E-state index in [-0.39, 0.29) is 6.42 Å². The van der Waals surface area contributed by atoms with Crippen molar-refractivity contribution in [2.75, 3.05) is 0 Å². The fourth-order valence-electron chi connectivity index (χ4n) is 1.35. The van der Waals surface area contributed by atoms with Gasteiger partial charge in [-0.25, -0.2) is 0 Å². The molecule has 0 saturated heterocycles. The second kappa shape index (κ2) is 5.34. The molecule has 0 bridgehead atoms. The van der Waals surface area contributed by atoms with Gasteiger partial charge < -0.3 is 20.6 Å². The fourth-order valence-corrected chi connectivity index (χ4v) is 1.84. The summed E-state index contributed by atoms with van der Waals surface area (Å²) in [5.74, 6) is -1.23. The van der Waals surface area contributed by atoms with Gasteiger partial charge in [0, 0.05) is 5.56 Å². The lowest BCUT2D eigenvalue weighted by molar-refractivity contribution is -0.138. The maximum Gasteiger partial charge on any atom is 0.399 e. The van der Waals surface area contributed by atoms with Crippen LogP contribution in [0.3, 0.4) is 0 Å². The van der Waals surface area contributed by atoms with Gasteiger partial charge in [-0.05, 0) is 12.0 Å². The second-order valence-corrected chi connectivity index (χ2v) is 5.58. The summed E-state index contributed by atoms with van der Waals surface area (Å²) in [5, 5.41) is 8.59. The van der Waals surface area contributed by atoms with Gasteiger partial charge in [0.2, 0.25) is 0 Å². The number of rotatable bonds is 5. The number of alkyl halides is 2. The maximum absolute atomic E-state index is 13.3. The summed E-state index contributed by atoms with van der Waals surface area (Å²) >= 11 is 0. The third kappa shape index (κ3) is 3.57. The smallest absolute Gasteiger partial charge is 0.399 e. The highest BCUT2D eigenvalue weighted by atomic mass is 31.2. The Morgan fingerprint density at radius 1 is 1.32 bits per heavy atom. The zero-order valence-corrected chi connectivity index (χ0v) is 10.4. The molecule has 0 heterocycles. The Bertz CT molecular complexity index is 513. The van der Waals surface area contributed by atoms with Gasteiger partial charge >= 0.3 is 19.2 Å². The van der Waals surface area contributed by atoms with Gasteiger partial charge in [0.1, 0.15) is 6.04 Å². The molecule has 0 spiro atoms. The quantitative estimate of drug-likeness (QED) is 0.598. The maximum atomic E-state index is 13.3. The normalized spacial score (nSPS) is 14.2. The number of aliphatic carboxylic acids is 1. The summed E-state index contributed by atoms with van der Waals surface area (Å²) in [6.07, 6.45) is -0.0723. The Morgan fingerprint density at radius 2 is 1.79 bits per heavy atom. The van der Waals surface area contributed by atoms with Crippen molar-refractivity contribution >= 4 is 13.6 Å². The molecule has 0 amide bonds. The number of nitrogens with two attached hydrogens (primary N) is 1. The third-order valence-corrected chi connectivity index (χ3v) is 3.43. The molecule has 1 aromatic rings. The van der Waals surface area contributed by atoms with E-state index in [1.54, 1.807) is 0 Å². The lowest BCUT2D eigenvalue weighted by atomic mass is 10.0. The molecule has 0 fully saturated rings. The summed E-state index contributed by atoms with van der Waals surface area (Å²) < 4.78 is 37.3. The van der Waals surface area contributed by atoms with Crippen LogP contribution in [0.1, 0.15) is 11.1 Å². The van der Waals surface area contributed by atoms with Crippen LogP contribution in [0.25, 0.3) is 0 Å². The Hall–Kier alpha value is -1.34. The van der Waals surface area contributed by atoms with Gasteiger partial charge in [-0.2, -0.15) is 8.78 Å². The molecular weight excluding hydrogens is 283 g/mol. The highest BCUT2D eigenvalue weighted by molar-refractivity contribution is 7.52. The van der Waals surface area contributed by atoms with Gasteiger partial charge in [-0.1, -0.05) is 24.3 Å². The Labute approximate surface area is 107 Å².